The summed E-state index contributed by atoms with van der Waals surface area (Å²) in [6.07, 6.45) is 4.65. The summed E-state index contributed by atoms with van der Waals surface area (Å²) in [4.78, 5) is 18.7. The first-order valence-electron chi connectivity index (χ1n) is 7.30. The van der Waals surface area contributed by atoms with E-state index in [1.54, 1.807) is 12.4 Å². The van der Waals surface area contributed by atoms with Crippen LogP contribution in [0.3, 0.4) is 0 Å². The van der Waals surface area contributed by atoms with Crippen molar-refractivity contribution in [1.29, 1.82) is 0 Å². The summed E-state index contributed by atoms with van der Waals surface area (Å²) in [5.74, 6) is 0.104. The molecule has 1 N–H and O–H groups in total. The Morgan fingerprint density at radius 2 is 2.45 bits per heavy atom. The van der Waals surface area contributed by atoms with Gasteiger partial charge in [0.25, 0.3) is 0 Å². The van der Waals surface area contributed by atoms with Crippen LogP contribution >= 0.6 is 0 Å². The molecule has 3 atom stereocenters. The second kappa shape index (κ2) is 5.89. The van der Waals surface area contributed by atoms with Crippen LogP contribution in [0.4, 0.5) is 0 Å². The number of hydrogen-bond acceptors (Lipinski definition) is 4. The molecule has 2 saturated heterocycles. The molecule has 1 aromatic rings. The van der Waals surface area contributed by atoms with Gasteiger partial charge in [-0.25, -0.2) is 0 Å². The molecule has 2 aliphatic heterocycles. The number of ether oxygens (including phenoxy) is 1. The molecule has 5 nitrogen and oxygen atoms in total. The number of hydrogen-bond donors (Lipinski definition) is 1. The molecule has 0 aromatic carbocycles. The lowest BCUT2D eigenvalue weighted by atomic mass is 9.99. The minimum atomic E-state index is -0.00628. The molecule has 2 aliphatic rings. The number of pyridine rings is 1. The van der Waals surface area contributed by atoms with Gasteiger partial charge in [-0.05, 0) is 24.6 Å². The van der Waals surface area contributed by atoms with Crippen molar-refractivity contribution in [2.75, 3.05) is 19.6 Å². The average molecular weight is 275 g/mol. The maximum absolute atomic E-state index is 12.3. The largest absolute Gasteiger partial charge is 0.371 e. The summed E-state index contributed by atoms with van der Waals surface area (Å²) in [6.45, 7) is 5.55. The van der Waals surface area contributed by atoms with E-state index in [2.05, 4.69) is 22.1 Å². The van der Waals surface area contributed by atoms with Crippen molar-refractivity contribution >= 4 is 5.91 Å². The molecular formula is C15H21N3O2. The van der Waals surface area contributed by atoms with Gasteiger partial charge in [-0.1, -0.05) is 13.0 Å². The molecule has 20 heavy (non-hydrogen) atoms. The van der Waals surface area contributed by atoms with Gasteiger partial charge in [-0.2, -0.15) is 0 Å². The Morgan fingerprint density at radius 3 is 3.20 bits per heavy atom. The molecule has 1 aromatic heterocycles. The quantitative estimate of drug-likeness (QED) is 0.883. The van der Waals surface area contributed by atoms with Gasteiger partial charge in [0.05, 0.1) is 18.1 Å². The number of fused-ring (bicyclic) bond motifs is 2. The molecule has 0 spiro atoms. The number of carbonyl (C=O) groups excluding carboxylic acids is 1. The van der Waals surface area contributed by atoms with Crippen LogP contribution in [0.25, 0.3) is 0 Å². The predicted molar refractivity (Wildman–Crippen MR) is 75.0 cm³/mol. The summed E-state index contributed by atoms with van der Waals surface area (Å²) < 4.78 is 5.90. The van der Waals surface area contributed by atoms with Crippen molar-refractivity contribution < 1.29 is 9.53 Å². The topological polar surface area (TPSA) is 54.5 Å². The summed E-state index contributed by atoms with van der Waals surface area (Å²) in [5.41, 5.74) is 1.03. The van der Waals surface area contributed by atoms with Crippen LogP contribution < -0.4 is 5.32 Å². The Bertz CT molecular complexity index is 465. The molecular weight excluding hydrogens is 254 g/mol. The van der Waals surface area contributed by atoms with Crippen molar-refractivity contribution in [3.63, 3.8) is 0 Å². The van der Waals surface area contributed by atoms with Crippen LogP contribution in [-0.2, 0) is 16.1 Å². The molecule has 2 fully saturated rings. The highest BCUT2D eigenvalue weighted by molar-refractivity contribution is 5.79. The first kappa shape index (κ1) is 13.5. The molecule has 1 amide bonds. The smallest absolute Gasteiger partial charge is 0.226 e. The standard InChI is InChI=1S/C15H21N3O2/c1-2-18-9-12-6-13(14(10-18)20-12)15(19)17-8-11-4-3-5-16-7-11/h3-5,7,12-14H,2,6,8-10H2,1H3,(H,17,19)/t12-,13-,14-/m0/s1. The number of likely N-dealkylation sites (N-methyl/N-ethyl adjacent to an activating group) is 1. The minimum absolute atomic E-state index is 0.00628. The van der Waals surface area contributed by atoms with E-state index in [0.717, 1.165) is 31.6 Å². The Hall–Kier alpha value is -1.46. The van der Waals surface area contributed by atoms with Gasteiger partial charge in [-0.15, -0.1) is 0 Å². The first-order valence-corrected chi connectivity index (χ1v) is 7.30. The average Bonchev–Trinajstić information content (AvgIpc) is 2.80. The van der Waals surface area contributed by atoms with Crippen LogP contribution in [0, 0.1) is 5.92 Å². The molecule has 0 aliphatic carbocycles. The second-order valence-corrected chi connectivity index (χ2v) is 5.57. The lowest BCUT2D eigenvalue weighted by Crippen LogP contribution is -2.45. The van der Waals surface area contributed by atoms with E-state index in [1.165, 1.54) is 0 Å². The van der Waals surface area contributed by atoms with E-state index in [4.69, 9.17) is 4.74 Å². The Balaban J connectivity index is 1.56. The van der Waals surface area contributed by atoms with Crippen molar-refractivity contribution in [1.82, 2.24) is 15.2 Å². The SMILES string of the molecule is CCN1C[C@@H]2C[C@H](C(=O)NCc3cccnc3)[C@H](C1)O2. The van der Waals surface area contributed by atoms with Crippen LogP contribution in [0.5, 0.6) is 0 Å². The summed E-state index contributed by atoms with van der Waals surface area (Å²) in [7, 11) is 0. The second-order valence-electron chi connectivity index (χ2n) is 5.57. The van der Waals surface area contributed by atoms with Crippen LogP contribution in [-0.4, -0.2) is 47.6 Å². The highest BCUT2D eigenvalue weighted by atomic mass is 16.5. The minimum Gasteiger partial charge on any atom is -0.371 e. The highest BCUT2D eigenvalue weighted by Gasteiger charge is 2.44. The maximum atomic E-state index is 12.3. The number of amides is 1. The molecule has 3 heterocycles. The van der Waals surface area contributed by atoms with Crippen molar-refractivity contribution in [2.45, 2.75) is 32.1 Å². The normalized spacial score (nSPS) is 29.4. The van der Waals surface area contributed by atoms with Crippen molar-refractivity contribution in [3.8, 4) is 0 Å². The molecule has 0 saturated carbocycles. The van der Waals surface area contributed by atoms with Gasteiger partial charge < -0.3 is 10.1 Å². The lowest BCUT2D eigenvalue weighted by molar-refractivity contribution is -0.128. The zero-order valence-corrected chi connectivity index (χ0v) is 11.8. The Labute approximate surface area is 119 Å². The molecule has 3 rings (SSSR count). The number of rotatable bonds is 4. The third kappa shape index (κ3) is 2.83. The van der Waals surface area contributed by atoms with Gasteiger partial charge >= 0.3 is 0 Å². The molecule has 0 radical (unpaired) electrons. The van der Waals surface area contributed by atoms with Crippen molar-refractivity contribution in [2.24, 2.45) is 5.92 Å². The van der Waals surface area contributed by atoms with Crippen molar-refractivity contribution in [3.05, 3.63) is 30.1 Å². The summed E-state index contributed by atoms with van der Waals surface area (Å²) in [6, 6.07) is 3.85. The molecule has 0 unspecified atom stereocenters. The zero-order chi connectivity index (χ0) is 13.9. The molecule has 2 bridgehead atoms. The highest BCUT2D eigenvalue weighted by Crippen LogP contribution is 2.31. The molecule has 108 valence electrons. The van der Waals surface area contributed by atoms with Crippen LogP contribution in [0.1, 0.15) is 18.9 Å². The summed E-state index contributed by atoms with van der Waals surface area (Å²) in [5, 5.41) is 3.01. The van der Waals surface area contributed by atoms with E-state index >= 15 is 0 Å². The molecule has 5 heteroatoms. The monoisotopic (exact) mass is 275 g/mol. The summed E-state index contributed by atoms with van der Waals surface area (Å²) >= 11 is 0. The Morgan fingerprint density at radius 1 is 1.55 bits per heavy atom. The fraction of sp³-hybridized carbons (Fsp3) is 0.600. The zero-order valence-electron chi connectivity index (χ0n) is 11.8. The lowest BCUT2D eigenvalue weighted by Gasteiger charge is -2.31. The van der Waals surface area contributed by atoms with Gasteiger partial charge in [0.15, 0.2) is 0 Å². The van der Waals surface area contributed by atoms with E-state index in [0.29, 0.717) is 6.54 Å². The number of nitrogens with zero attached hydrogens (tertiary/aromatic N) is 2. The first-order chi connectivity index (χ1) is 9.76. The van der Waals surface area contributed by atoms with E-state index < -0.39 is 0 Å². The van der Waals surface area contributed by atoms with Gasteiger partial charge in [0.1, 0.15) is 0 Å². The number of morpholine rings is 1. The third-order valence-electron chi connectivity index (χ3n) is 4.21. The Kier molecular flexibility index (Phi) is 3.98. The van der Waals surface area contributed by atoms with E-state index in [1.807, 2.05) is 12.1 Å². The number of aromatic nitrogens is 1. The van der Waals surface area contributed by atoms with Crippen LogP contribution in [0.2, 0.25) is 0 Å². The van der Waals surface area contributed by atoms with E-state index in [-0.39, 0.29) is 24.0 Å². The van der Waals surface area contributed by atoms with Gasteiger partial charge in [0, 0.05) is 32.0 Å². The van der Waals surface area contributed by atoms with Gasteiger partial charge in [0.2, 0.25) is 5.91 Å². The number of nitrogens with one attached hydrogen (secondary N) is 1. The third-order valence-corrected chi connectivity index (χ3v) is 4.21. The van der Waals surface area contributed by atoms with E-state index in [9.17, 15) is 4.79 Å². The van der Waals surface area contributed by atoms with Gasteiger partial charge in [-0.3, -0.25) is 14.7 Å². The number of carbonyl (C=O) groups is 1. The fourth-order valence-electron chi connectivity index (χ4n) is 3.09. The maximum Gasteiger partial charge on any atom is 0.226 e. The van der Waals surface area contributed by atoms with Crippen LogP contribution in [0.15, 0.2) is 24.5 Å². The predicted octanol–water partition coefficient (Wildman–Crippen LogP) is 0.807. The fourth-order valence-corrected chi connectivity index (χ4v) is 3.09. The number of likely N-dealkylation sites (tertiary alicyclic amines) is 1.